The number of hydrogen-bond donors (Lipinski definition) is 0. The molecule has 0 N–H and O–H groups in total. The van der Waals surface area contributed by atoms with Gasteiger partial charge in [-0.2, -0.15) is 4.99 Å². The third kappa shape index (κ3) is 5.05. The summed E-state index contributed by atoms with van der Waals surface area (Å²) in [6, 6.07) is 12.2. The first-order valence-corrected chi connectivity index (χ1v) is 11.0. The first kappa shape index (κ1) is 22.0. The number of amides is 1. The summed E-state index contributed by atoms with van der Waals surface area (Å²) in [6.07, 6.45) is 0.233. The van der Waals surface area contributed by atoms with E-state index in [-0.39, 0.29) is 24.8 Å². The number of hydrogen-bond acceptors (Lipinski definition) is 4. The standard InChI is InChI=1S/C24H28N2O3S/c1-6-29-23(28)14-26-20-10-9-18(15(2)3)12-21(20)30-24(26)25-22(27)13-19-8-7-16(4)11-17(19)5/h7-12,15H,6,13-14H2,1-5H3. The maximum atomic E-state index is 12.7. The van der Waals surface area contributed by atoms with E-state index in [1.807, 2.05) is 32.0 Å². The van der Waals surface area contributed by atoms with E-state index >= 15 is 0 Å². The molecule has 1 amide bonds. The Kier molecular flexibility index (Phi) is 6.87. The van der Waals surface area contributed by atoms with E-state index in [0.29, 0.717) is 17.3 Å². The number of aromatic nitrogens is 1. The molecule has 0 aliphatic rings. The van der Waals surface area contributed by atoms with Crippen molar-refractivity contribution in [1.82, 2.24) is 4.57 Å². The van der Waals surface area contributed by atoms with Crippen LogP contribution >= 0.6 is 11.3 Å². The molecule has 0 aliphatic carbocycles. The molecule has 0 saturated heterocycles. The molecule has 2 aromatic carbocycles. The lowest BCUT2D eigenvalue weighted by Crippen LogP contribution is -2.23. The van der Waals surface area contributed by atoms with Crippen LogP contribution in [0, 0.1) is 13.8 Å². The highest BCUT2D eigenvalue weighted by atomic mass is 32.1. The zero-order chi connectivity index (χ0) is 21.8. The minimum absolute atomic E-state index is 0.0323. The quantitative estimate of drug-likeness (QED) is 0.540. The van der Waals surface area contributed by atoms with Crippen LogP contribution in [-0.4, -0.2) is 23.1 Å². The van der Waals surface area contributed by atoms with Crippen LogP contribution in [0.1, 0.15) is 48.9 Å². The number of ether oxygens (including phenoxy) is 1. The average molecular weight is 425 g/mol. The van der Waals surface area contributed by atoms with Gasteiger partial charge in [-0.3, -0.25) is 9.59 Å². The average Bonchev–Trinajstić information content (AvgIpc) is 3.00. The number of aryl methyl sites for hydroxylation is 2. The molecule has 0 unspecified atom stereocenters. The van der Waals surface area contributed by atoms with Gasteiger partial charge in [0.05, 0.1) is 23.2 Å². The SMILES string of the molecule is CCOC(=O)Cn1c(=NC(=O)Cc2ccc(C)cc2C)sc2cc(C(C)C)ccc21. The molecule has 158 valence electrons. The third-order valence-electron chi connectivity index (χ3n) is 5.03. The van der Waals surface area contributed by atoms with Gasteiger partial charge >= 0.3 is 5.97 Å². The number of carbonyl (C=O) groups excluding carboxylic acids is 2. The van der Waals surface area contributed by atoms with Crippen LogP contribution in [0.2, 0.25) is 0 Å². The summed E-state index contributed by atoms with van der Waals surface area (Å²) in [7, 11) is 0. The molecular weight excluding hydrogens is 396 g/mol. The Hall–Kier alpha value is -2.73. The molecule has 3 rings (SSSR count). The molecule has 0 spiro atoms. The number of carbonyl (C=O) groups is 2. The highest BCUT2D eigenvalue weighted by molar-refractivity contribution is 7.16. The summed E-state index contributed by atoms with van der Waals surface area (Å²) in [5.41, 5.74) is 5.31. The van der Waals surface area contributed by atoms with Crippen LogP contribution in [0.25, 0.3) is 10.2 Å². The normalized spacial score (nSPS) is 12.0. The first-order chi connectivity index (χ1) is 14.3. The largest absolute Gasteiger partial charge is 0.465 e. The minimum atomic E-state index is -0.339. The molecule has 0 atom stereocenters. The van der Waals surface area contributed by atoms with Crippen LogP contribution in [0.4, 0.5) is 0 Å². The molecule has 0 fully saturated rings. The second-order valence-electron chi connectivity index (χ2n) is 7.77. The topological polar surface area (TPSA) is 60.7 Å². The lowest BCUT2D eigenvalue weighted by molar-refractivity contribution is -0.143. The van der Waals surface area contributed by atoms with Crippen molar-refractivity contribution in [1.29, 1.82) is 0 Å². The third-order valence-corrected chi connectivity index (χ3v) is 6.07. The predicted octanol–water partition coefficient (Wildman–Crippen LogP) is 4.68. The van der Waals surface area contributed by atoms with E-state index in [2.05, 4.69) is 37.0 Å². The van der Waals surface area contributed by atoms with E-state index in [1.54, 1.807) is 11.5 Å². The van der Waals surface area contributed by atoms with E-state index in [1.165, 1.54) is 22.5 Å². The maximum absolute atomic E-state index is 12.7. The highest BCUT2D eigenvalue weighted by Gasteiger charge is 2.14. The Bertz CT molecular complexity index is 1150. The van der Waals surface area contributed by atoms with E-state index in [9.17, 15) is 9.59 Å². The van der Waals surface area contributed by atoms with Crippen molar-refractivity contribution in [3.05, 3.63) is 63.5 Å². The summed E-state index contributed by atoms with van der Waals surface area (Å²) in [5, 5.41) is 0. The van der Waals surface area contributed by atoms with E-state index < -0.39 is 0 Å². The van der Waals surface area contributed by atoms with Gasteiger partial charge in [-0.1, -0.05) is 55.0 Å². The van der Waals surface area contributed by atoms with Crippen molar-refractivity contribution in [2.24, 2.45) is 4.99 Å². The molecule has 5 nitrogen and oxygen atoms in total. The molecule has 3 aromatic rings. The predicted molar refractivity (Wildman–Crippen MR) is 121 cm³/mol. The number of fused-ring (bicyclic) bond motifs is 1. The number of esters is 1. The van der Waals surface area contributed by atoms with E-state index in [0.717, 1.165) is 21.3 Å². The Morgan fingerprint density at radius 1 is 1.13 bits per heavy atom. The Morgan fingerprint density at radius 3 is 2.57 bits per heavy atom. The molecule has 6 heteroatoms. The summed E-state index contributed by atoms with van der Waals surface area (Å²) in [5.74, 6) is -0.176. The van der Waals surface area contributed by atoms with Crippen molar-refractivity contribution in [3.63, 3.8) is 0 Å². The van der Waals surface area contributed by atoms with Crippen LogP contribution in [0.3, 0.4) is 0 Å². The zero-order valence-corrected chi connectivity index (χ0v) is 19.0. The van der Waals surface area contributed by atoms with Crippen molar-refractivity contribution in [2.75, 3.05) is 6.61 Å². The molecule has 30 heavy (non-hydrogen) atoms. The second-order valence-corrected chi connectivity index (χ2v) is 8.78. The number of rotatable bonds is 6. The Labute approximate surface area is 181 Å². The molecule has 1 heterocycles. The fraction of sp³-hybridized carbons (Fsp3) is 0.375. The minimum Gasteiger partial charge on any atom is -0.465 e. The van der Waals surface area contributed by atoms with Crippen molar-refractivity contribution in [2.45, 2.75) is 53.5 Å². The summed E-state index contributed by atoms with van der Waals surface area (Å²) >= 11 is 1.43. The van der Waals surface area contributed by atoms with Gasteiger partial charge in [0, 0.05) is 0 Å². The van der Waals surface area contributed by atoms with Crippen molar-refractivity contribution < 1.29 is 14.3 Å². The molecular formula is C24H28N2O3S. The van der Waals surface area contributed by atoms with Crippen LogP contribution in [0.15, 0.2) is 41.4 Å². The molecule has 0 saturated carbocycles. The Balaban J connectivity index is 2.02. The zero-order valence-electron chi connectivity index (χ0n) is 18.2. The smallest absolute Gasteiger partial charge is 0.326 e. The van der Waals surface area contributed by atoms with Gasteiger partial charge in [-0.25, -0.2) is 0 Å². The van der Waals surface area contributed by atoms with Crippen LogP contribution in [-0.2, 0) is 27.3 Å². The molecule has 0 radical (unpaired) electrons. The monoisotopic (exact) mass is 424 g/mol. The number of nitrogens with zero attached hydrogens (tertiary/aromatic N) is 2. The lowest BCUT2D eigenvalue weighted by Gasteiger charge is -2.07. The van der Waals surface area contributed by atoms with Crippen molar-refractivity contribution in [3.8, 4) is 0 Å². The lowest BCUT2D eigenvalue weighted by atomic mass is 10.0. The number of thiazole rings is 1. The van der Waals surface area contributed by atoms with Gasteiger partial charge < -0.3 is 9.30 Å². The second kappa shape index (κ2) is 9.39. The summed E-state index contributed by atoms with van der Waals surface area (Å²) in [4.78, 5) is 29.8. The maximum Gasteiger partial charge on any atom is 0.326 e. The van der Waals surface area contributed by atoms with Crippen LogP contribution < -0.4 is 4.80 Å². The molecule has 0 aliphatic heterocycles. The Morgan fingerprint density at radius 2 is 1.90 bits per heavy atom. The fourth-order valence-electron chi connectivity index (χ4n) is 3.38. The van der Waals surface area contributed by atoms with Gasteiger partial charge in [0.1, 0.15) is 6.54 Å². The van der Waals surface area contributed by atoms with Gasteiger partial charge in [0.15, 0.2) is 4.80 Å². The van der Waals surface area contributed by atoms with Crippen LogP contribution in [0.5, 0.6) is 0 Å². The van der Waals surface area contributed by atoms with Gasteiger partial charge in [0.2, 0.25) is 0 Å². The van der Waals surface area contributed by atoms with Gasteiger partial charge in [-0.15, -0.1) is 0 Å². The number of benzene rings is 2. The fourth-order valence-corrected chi connectivity index (χ4v) is 4.47. The first-order valence-electron chi connectivity index (χ1n) is 10.2. The molecule has 0 bridgehead atoms. The summed E-state index contributed by atoms with van der Waals surface area (Å²) in [6.45, 7) is 10.4. The van der Waals surface area contributed by atoms with Gasteiger partial charge in [0.25, 0.3) is 5.91 Å². The molecule has 1 aromatic heterocycles. The van der Waals surface area contributed by atoms with Crippen molar-refractivity contribution >= 4 is 33.4 Å². The van der Waals surface area contributed by atoms with E-state index in [4.69, 9.17) is 4.74 Å². The van der Waals surface area contributed by atoms with Gasteiger partial charge in [-0.05, 0) is 55.5 Å². The summed E-state index contributed by atoms with van der Waals surface area (Å²) < 4.78 is 7.91. The highest BCUT2D eigenvalue weighted by Crippen LogP contribution is 2.23.